The molecule has 1 aliphatic heterocycles. The number of sulfonamides is 1. The average molecular weight is 405 g/mol. The zero-order valence-corrected chi connectivity index (χ0v) is 17.7. The molecule has 0 saturated carbocycles. The van der Waals surface area contributed by atoms with E-state index >= 15 is 0 Å². The van der Waals surface area contributed by atoms with Gasteiger partial charge in [0.1, 0.15) is 11.5 Å². The topological polar surface area (TPSA) is 79.6 Å². The highest BCUT2D eigenvalue weighted by molar-refractivity contribution is 7.89. The SMILES string of the molecule is Cc1ccc(C(C)NC(=O)C2CCN(S(=O)(=O)c3ccc(C)c(C)c3)CC2)o1. The van der Waals surface area contributed by atoms with Crippen molar-refractivity contribution in [2.45, 2.75) is 51.5 Å². The van der Waals surface area contributed by atoms with E-state index in [0.717, 1.165) is 22.6 Å². The van der Waals surface area contributed by atoms with Gasteiger partial charge in [0.05, 0.1) is 10.9 Å². The molecule has 1 N–H and O–H groups in total. The van der Waals surface area contributed by atoms with Gasteiger partial charge in [0, 0.05) is 19.0 Å². The van der Waals surface area contributed by atoms with Crippen LogP contribution in [0.1, 0.15) is 48.5 Å². The molecule has 3 rings (SSSR count). The number of piperidine rings is 1. The fourth-order valence-electron chi connectivity index (χ4n) is 3.47. The van der Waals surface area contributed by atoms with Crippen LogP contribution in [0, 0.1) is 26.7 Å². The molecule has 0 bridgehead atoms. The monoisotopic (exact) mass is 404 g/mol. The van der Waals surface area contributed by atoms with Crippen molar-refractivity contribution in [3.63, 3.8) is 0 Å². The minimum Gasteiger partial charge on any atom is -0.464 e. The van der Waals surface area contributed by atoms with Gasteiger partial charge in [0.25, 0.3) is 0 Å². The van der Waals surface area contributed by atoms with E-state index in [1.807, 2.05) is 45.9 Å². The van der Waals surface area contributed by atoms with Gasteiger partial charge in [-0.1, -0.05) is 6.07 Å². The predicted octanol–water partition coefficient (Wildman–Crippen LogP) is 3.48. The molecule has 0 spiro atoms. The second-order valence-corrected chi connectivity index (χ2v) is 9.54. The number of amides is 1. The highest BCUT2D eigenvalue weighted by Crippen LogP contribution is 2.26. The van der Waals surface area contributed by atoms with Gasteiger partial charge in [-0.3, -0.25) is 4.79 Å². The highest BCUT2D eigenvalue weighted by Gasteiger charge is 2.32. The summed E-state index contributed by atoms with van der Waals surface area (Å²) in [6.07, 6.45) is 1.03. The minimum atomic E-state index is -3.53. The summed E-state index contributed by atoms with van der Waals surface area (Å²) in [4.78, 5) is 12.9. The smallest absolute Gasteiger partial charge is 0.243 e. The van der Waals surface area contributed by atoms with E-state index in [1.165, 1.54) is 4.31 Å². The maximum atomic E-state index is 12.9. The first-order valence-electron chi connectivity index (χ1n) is 9.62. The first kappa shape index (κ1) is 20.6. The maximum absolute atomic E-state index is 12.9. The maximum Gasteiger partial charge on any atom is 0.243 e. The summed E-state index contributed by atoms with van der Waals surface area (Å²) in [5.41, 5.74) is 2.02. The zero-order valence-electron chi connectivity index (χ0n) is 16.9. The number of benzene rings is 1. The van der Waals surface area contributed by atoms with Crippen LogP contribution in [0.15, 0.2) is 39.6 Å². The van der Waals surface area contributed by atoms with E-state index in [1.54, 1.807) is 12.1 Å². The van der Waals surface area contributed by atoms with Gasteiger partial charge in [-0.2, -0.15) is 4.31 Å². The second-order valence-electron chi connectivity index (χ2n) is 7.60. The van der Waals surface area contributed by atoms with Crippen LogP contribution in [0.2, 0.25) is 0 Å². The molecule has 2 heterocycles. The van der Waals surface area contributed by atoms with E-state index < -0.39 is 10.0 Å². The quantitative estimate of drug-likeness (QED) is 0.827. The number of nitrogens with zero attached hydrogens (tertiary/aromatic N) is 1. The number of carbonyl (C=O) groups is 1. The van der Waals surface area contributed by atoms with Crippen LogP contribution in [-0.4, -0.2) is 31.7 Å². The van der Waals surface area contributed by atoms with Crippen LogP contribution < -0.4 is 5.32 Å². The molecule has 6 nitrogen and oxygen atoms in total. The van der Waals surface area contributed by atoms with Crippen molar-refractivity contribution < 1.29 is 17.6 Å². The Hall–Kier alpha value is -2.12. The van der Waals surface area contributed by atoms with Crippen molar-refractivity contribution in [1.82, 2.24) is 9.62 Å². The molecule has 1 amide bonds. The molecule has 1 fully saturated rings. The Bertz CT molecular complexity index is 957. The second kappa shape index (κ2) is 8.09. The van der Waals surface area contributed by atoms with Crippen molar-refractivity contribution >= 4 is 15.9 Å². The number of rotatable bonds is 5. The summed E-state index contributed by atoms with van der Waals surface area (Å²) in [6, 6.07) is 8.73. The lowest BCUT2D eigenvalue weighted by Crippen LogP contribution is -2.43. The van der Waals surface area contributed by atoms with Gasteiger partial charge in [-0.15, -0.1) is 0 Å². The summed E-state index contributed by atoms with van der Waals surface area (Å²) in [7, 11) is -3.53. The van der Waals surface area contributed by atoms with Crippen LogP contribution in [0.3, 0.4) is 0 Å². The fraction of sp³-hybridized carbons (Fsp3) is 0.476. The number of furan rings is 1. The van der Waals surface area contributed by atoms with Crippen molar-refractivity contribution in [2.24, 2.45) is 5.92 Å². The van der Waals surface area contributed by atoms with Crippen molar-refractivity contribution in [2.75, 3.05) is 13.1 Å². The summed E-state index contributed by atoms with van der Waals surface area (Å²) in [6.45, 7) is 8.32. The summed E-state index contributed by atoms with van der Waals surface area (Å²) in [5.74, 6) is 1.29. The lowest BCUT2D eigenvalue weighted by molar-refractivity contribution is -0.126. The van der Waals surface area contributed by atoms with E-state index in [2.05, 4.69) is 5.32 Å². The number of hydrogen-bond acceptors (Lipinski definition) is 4. The number of aryl methyl sites for hydroxylation is 3. The Labute approximate surface area is 167 Å². The Balaban J connectivity index is 1.60. The minimum absolute atomic E-state index is 0.0511. The van der Waals surface area contributed by atoms with E-state index in [-0.39, 0.29) is 17.9 Å². The predicted molar refractivity (Wildman–Crippen MR) is 107 cm³/mol. The largest absolute Gasteiger partial charge is 0.464 e. The standard InChI is InChI=1S/C21H28N2O4S/c1-14-5-7-19(13-15(14)2)28(25,26)23-11-9-18(10-12-23)21(24)22-17(4)20-8-6-16(3)27-20/h5-8,13,17-18H,9-12H2,1-4H3,(H,22,24). The molecule has 2 aromatic rings. The molecule has 1 aromatic heterocycles. The molecule has 1 unspecified atom stereocenters. The summed E-state index contributed by atoms with van der Waals surface area (Å²) < 4.78 is 32.9. The molecule has 152 valence electrons. The molecule has 1 atom stereocenters. The lowest BCUT2D eigenvalue weighted by atomic mass is 9.97. The van der Waals surface area contributed by atoms with Gasteiger partial charge in [-0.05, 0) is 75.9 Å². The number of hydrogen-bond donors (Lipinski definition) is 1. The summed E-state index contributed by atoms with van der Waals surface area (Å²) in [5, 5.41) is 2.98. The number of carbonyl (C=O) groups excluding carboxylic acids is 1. The van der Waals surface area contributed by atoms with Crippen molar-refractivity contribution in [1.29, 1.82) is 0 Å². The van der Waals surface area contributed by atoms with E-state index in [0.29, 0.717) is 30.8 Å². The van der Waals surface area contributed by atoms with Crippen molar-refractivity contribution in [3.05, 3.63) is 53.0 Å². The van der Waals surface area contributed by atoms with E-state index in [9.17, 15) is 13.2 Å². The zero-order chi connectivity index (χ0) is 20.5. The Morgan fingerprint density at radius 1 is 1.11 bits per heavy atom. The summed E-state index contributed by atoms with van der Waals surface area (Å²) >= 11 is 0. The first-order chi connectivity index (χ1) is 13.2. The molecule has 7 heteroatoms. The highest BCUT2D eigenvalue weighted by atomic mass is 32.2. The van der Waals surface area contributed by atoms with Gasteiger partial charge in [0.15, 0.2) is 0 Å². The number of nitrogens with one attached hydrogen (secondary N) is 1. The van der Waals surface area contributed by atoms with Crippen LogP contribution >= 0.6 is 0 Å². The molecular formula is C21H28N2O4S. The van der Waals surface area contributed by atoms with Gasteiger partial charge in [0.2, 0.25) is 15.9 Å². The van der Waals surface area contributed by atoms with Crippen LogP contribution in [-0.2, 0) is 14.8 Å². The first-order valence-corrected chi connectivity index (χ1v) is 11.1. The Morgan fingerprint density at radius 2 is 1.79 bits per heavy atom. The third kappa shape index (κ3) is 4.31. The normalized spacial score (nSPS) is 17.4. The van der Waals surface area contributed by atoms with E-state index in [4.69, 9.17) is 4.42 Å². The average Bonchev–Trinajstić information content (AvgIpc) is 3.10. The fourth-order valence-corrected chi connectivity index (χ4v) is 5.03. The molecule has 0 aliphatic carbocycles. The molecule has 28 heavy (non-hydrogen) atoms. The molecule has 0 radical (unpaired) electrons. The lowest BCUT2D eigenvalue weighted by Gasteiger charge is -2.31. The molecular weight excluding hydrogens is 376 g/mol. The molecule has 1 aliphatic rings. The van der Waals surface area contributed by atoms with Crippen LogP contribution in [0.5, 0.6) is 0 Å². The Morgan fingerprint density at radius 3 is 2.36 bits per heavy atom. The van der Waals surface area contributed by atoms with Crippen LogP contribution in [0.4, 0.5) is 0 Å². The molecule has 1 aromatic carbocycles. The Kier molecular flexibility index (Phi) is 5.95. The van der Waals surface area contributed by atoms with Crippen molar-refractivity contribution in [3.8, 4) is 0 Å². The van der Waals surface area contributed by atoms with Crippen LogP contribution in [0.25, 0.3) is 0 Å². The van der Waals surface area contributed by atoms with Gasteiger partial charge in [-0.25, -0.2) is 8.42 Å². The third-order valence-electron chi connectivity index (χ3n) is 5.49. The van der Waals surface area contributed by atoms with Gasteiger partial charge >= 0.3 is 0 Å². The molecule has 1 saturated heterocycles. The third-order valence-corrected chi connectivity index (χ3v) is 7.38. The van der Waals surface area contributed by atoms with Gasteiger partial charge < -0.3 is 9.73 Å².